The van der Waals surface area contributed by atoms with Gasteiger partial charge in [0.15, 0.2) is 0 Å². The third kappa shape index (κ3) is 3.27. The number of hydrogen-bond acceptors (Lipinski definition) is 3. The smallest absolute Gasteiger partial charge is 0.262 e. The van der Waals surface area contributed by atoms with E-state index in [0.717, 1.165) is 23.3 Å². The summed E-state index contributed by atoms with van der Waals surface area (Å²) < 4.78 is 13.1. The van der Waals surface area contributed by atoms with Crippen LogP contribution in [0, 0.1) is 5.82 Å². The molecule has 2 aromatic carbocycles. The molecule has 1 aliphatic heterocycles. The van der Waals surface area contributed by atoms with Gasteiger partial charge in [0.2, 0.25) is 5.91 Å². The Hall–Kier alpha value is -2.44. The normalized spacial score (nSPS) is 16.9. The first-order chi connectivity index (χ1) is 13.3. The summed E-state index contributed by atoms with van der Waals surface area (Å²) in [5, 5.41) is 3.12. The molecule has 1 saturated carbocycles. The summed E-state index contributed by atoms with van der Waals surface area (Å²) in [5.74, 6) is -1.91. The van der Waals surface area contributed by atoms with E-state index in [1.54, 1.807) is 12.1 Å². The minimum absolute atomic E-state index is 0.136. The molecular formula is C20H15Cl2FN2O3. The van der Waals surface area contributed by atoms with Gasteiger partial charge in [-0.15, -0.1) is 0 Å². The van der Waals surface area contributed by atoms with Crippen molar-refractivity contribution in [3.63, 3.8) is 0 Å². The molecule has 0 atom stereocenters. The largest absolute Gasteiger partial charge is 0.354 e. The van der Waals surface area contributed by atoms with Crippen molar-refractivity contribution in [2.45, 2.75) is 18.3 Å². The van der Waals surface area contributed by atoms with Gasteiger partial charge in [0.05, 0.1) is 21.2 Å². The van der Waals surface area contributed by atoms with Crippen LogP contribution in [-0.4, -0.2) is 35.7 Å². The molecule has 0 saturated heterocycles. The van der Waals surface area contributed by atoms with Crippen molar-refractivity contribution < 1.29 is 18.8 Å². The molecule has 0 unspecified atom stereocenters. The van der Waals surface area contributed by atoms with Gasteiger partial charge in [-0.2, -0.15) is 0 Å². The molecule has 0 radical (unpaired) electrons. The van der Waals surface area contributed by atoms with Crippen LogP contribution in [0.25, 0.3) is 0 Å². The quantitative estimate of drug-likeness (QED) is 0.751. The van der Waals surface area contributed by atoms with Crippen LogP contribution in [0.15, 0.2) is 36.4 Å². The highest BCUT2D eigenvalue weighted by atomic mass is 35.5. The number of halogens is 3. The van der Waals surface area contributed by atoms with Gasteiger partial charge in [0.1, 0.15) is 12.4 Å². The van der Waals surface area contributed by atoms with Gasteiger partial charge in [-0.05, 0) is 42.7 Å². The first kappa shape index (κ1) is 18.9. The molecule has 4 rings (SSSR count). The maximum atomic E-state index is 13.1. The van der Waals surface area contributed by atoms with Gasteiger partial charge in [0, 0.05) is 12.0 Å². The van der Waals surface area contributed by atoms with E-state index in [4.69, 9.17) is 23.2 Å². The van der Waals surface area contributed by atoms with Crippen molar-refractivity contribution in [3.05, 3.63) is 69.0 Å². The van der Waals surface area contributed by atoms with E-state index in [0.29, 0.717) is 6.54 Å². The fourth-order valence-electron chi connectivity index (χ4n) is 3.42. The first-order valence-electron chi connectivity index (χ1n) is 8.69. The summed E-state index contributed by atoms with van der Waals surface area (Å²) in [6.07, 6.45) is 1.76. The Kier molecular flexibility index (Phi) is 4.63. The third-order valence-corrected chi connectivity index (χ3v) is 5.97. The van der Waals surface area contributed by atoms with Crippen LogP contribution in [0.4, 0.5) is 4.39 Å². The van der Waals surface area contributed by atoms with Crippen LogP contribution >= 0.6 is 23.2 Å². The number of hydrogen-bond donors (Lipinski definition) is 1. The molecule has 0 aromatic heterocycles. The molecule has 144 valence electrons. The molecule has 1 heterocycles. The van der Waals surface area contributed by atoms with E-state index in [9.17, 15) is 18.8 Å². The monoisotopic (exact) mass is 420 g/mol. The molecular weight excluding hydrogens is 406 g/mol. The van der Waals surface area contributed by atoms with E-state index in [1.165, 1.54) is 24.3 Å². The van der Waals surface area contributed by atoms with Crippen LogP contribution in [0.3, 0.4) is 0 Å². The molecule has 5 nitrogen and oxygen atoms in total. The summed E-state index contributed by atoms with van der Waals surface area (Å²) in [6.45, 7) is -0.0284. The van der Waals surface area contributed by atoms with Gasteiger partial charge >= 0.3 is 0 Å². The average Bonchev–Trinajstić information content (AvgIpc) is 3.43. The highest BCUT2D eigenvalue weighted by Gasteiger charge is 2.44. The maximum absolute atomic E-state index is 13.1. The number of carbonyl (C=O) groups is 3. The Morgan fingerprint density at radius 1 is 1.04 bits per heavy atom. The van der Waals surface area contributed by atoms with Crippen molar-refractivity contribution in [1.29, 1.82) is 0 Å². The molecule has 28 heavy (non-hydrogen) atoms. The predicted octanol–water partition coefficient (Wildman–Crippen LogP) is 3.58. The van der Waals surface area contributed by atoms with Crippen molar-refractivity contribution in [2.24, 2.45) is 0 Å². The second-order valence-electron chi connectivity index (χ2n) is 7.07. The van der Waals surface area contributed by atoms with E-state index in [2.05, 4.69) is 5.32 Å². The number of benzene rings is 2. The molecule has 3 amide bonds. The second-order valence-corrected chi connectivity index (χ2v) is 7.89. The second kappa shape index (κ2) is 6.87. The van der Waals surface area contributed by atoms with Crippen molar-refractivity contribution in [2.75, 3.05) is 13.1 Å². The van der Waals surface area contributed by atoms with Crippen molar-refractivity contribution >= 4 is 40.9 Å². The molecule has 0 bridgehead atoms. The van der Waals surface area contributed by atoms with Crippen molar-refractivity contribution in [1.82, 2.24) is 10.2 Å². The summed E-state index contributed by atoms with van der Waals surface area (Å²) >= 11 is 11.8. The van der Waals surface area contributed by atoms with E-state index in [-0.39, 0.29) is 38.9 Å². The number of imide groups is 1. The topological polar surface area (TPSA) is 66.5 Å². The lowest BCUT2D eigenvalue weighted by Crippen LogP contribution is -2.42. The molecule has 2 aliphatic rings. The summed E-state index contributed by atoms with van der Waals surface area (Å²) in [5.41, 5.74) is 1.01. The third-order valence-electron chi connectivity index (χ3n) is 5.25. The number of nitrogens with zero attached hydrogens (tertiary/aromatic N) is 1. The standard InChI is InChI=1S/C20H15Cl2FN2O3/c21-15-7-13-14(8-16(15)22)19(28)25(18(13)27)9-17(26)24-10-20(5-6-20)11-1-3-12(23)4-2-11/h1-4,7-8H,5-6,9-10H2,(H,24,26). The minimum Gasteiger partial charge on any atom is -0.354 e. The zero-order chi connectivity index (χ0) is 20.1. The van der Waals surface area contributed by atoms with Crippen LogP contribution < -0.4 is 5.32 Å². The van der Waals surface area contributed by atoms with Gasteiger partial charge in [0.25, 0.3) is 11.8 Å². The summed E-state index contributed by atoms with van der Waals surface area (Å²) in [6, 6.07) is 8.90. The Morgan fingerprint density at radius 2 is 1.57 bits per heavy atom. The van der Waals surface area contributed by atoms with Crippen LogP contribution in [0.5, 0.6) is 0 Å². The lowest BCUT2D eigenvalue weighted by atomic mass is 9.96. The number of fused-ring (bicyclic) bond motifs is 1. The zero-order valence-corrected chi connectivity index (χ0v) is 16.1. The van der Waals surface area contributed by atoms with E-state index >= 15 is 0 Å². The fourth-order valence-corrected chi connectivity index (χ4v) is 3.74. The number of rotatable bonds is 5. The molecule has 1 fully saturated rings. The summed E-state index contributed by atoms with van der Waals surface area (Å²) in [4.78, 5) is 38.2. The lowest BCUT2D eigenvalue weighted by molar-refractivity contribution is -0.121. The van der Waals surface area contributed by atoms with Gasteiger partial charge in [-0.1, -0.05) is 35.3 Å². The van der Waals surface area contributed by atoms with E-state index < -0.39 is 17.7 Å². The molecule has 8 heteroatoms. The minimum atomic E-state index is -0.576. The predicted molar refractivity (Wildman–Crippen MR) is 102 cm³/mol. The van der Waals surface area contributed by atoms with Crippen molar-refractivity contribution in [3.8, 4) is 0 Å². The first-order valence-corrected chi connectivity index (χ1v) is 9.44. The fraction of sp³-hybridized carbons (Fsp3) is 0.250. The Labute approximate surface area is 170 Å². The number of nitrogens with one attached hydrogen (secondary N) is 1. The molecule has 1 N–H and O–H groups in total. The Balaban J connectivity index is 1.41. The van der Waals surface area contributed by atoms with Gasteiger partial charge in [-0.3, -0.25) is 19.3 Å². The molecule has 1 aliphatic carbocycles. The Morgan fingerprint density at radius 3 is 2.07 bits per heavy atom. The molecule has 2 aromatic rings. The van der Waals surface area contributed by atoms with Crippen LogP contribution in [0.2, 0.25) is 10.0 Å². The zero-order valence-electron chi connectivity index (χ0n) is 14.6. The van der Waals surface area contributed by atoms with Crippen LogP contribution in [0.1, 0.15) is 39.1 Å². The maximum Gasteiger partial charge on any atom is 0.262 e. The van der Waals surface area contributed by atoms with Gasteiger partial charge in [-0.25, -0.2) is 4.39 Å². The highest BCUT2D eigenvalue weighted by Crippen LogP contribution is 2.47. The van der Waals surface area contributed by atoms with E-state index in [1.807, 2.05) is 0 Å². The molecule has 0 spiro atoms. The van der Waals surface area contributed by atoms with Gasteiger partial charge < -0.3 is 5.32 Å². The SMILES string of the molecule is O=C(CN1C(=O)c2cc(Cl)c(Cl)cc2C1=O)NCC1(c2ccc(F)cc2)CC1. The lowest BCUT2D eigenvalue weighted by Gasteiger charge is -2.18. The number of carbonyl (C=O) groups excluding carboxylic acids is 3. The highest BCUT2D eigenvalue weighted by molar-refractivity contribution is 6.43. The summed E-state index contributed by atoms with van der Waals surface area (Å²) in [7, 11) is 0. The number of amides is 3. The van der Waals surface area contributed by atoms with Crippen LogP contribution in [-0.2, 0) is 10.2 Å². The average molecular weight is 421 g/mol. The Bertz CT molecular complexity index is 962.